The first kappa shape index (κ1) is 17.7. The van der Waals surface area contributed by atoms with E-state index < -0.39 is 0 Å². The number of fused-ring (bicyclic) bond motifs is 9. The second kappa shape index (κ2) is 6.52. The third-order valence-corrected chi connectivity index (χ3v) is 6.36. The first-order valence-corrected chi connectivity index (χ1v) is 10.8. The lowest BCUT2D eigenvalue weighted by Gasteiger charge is -2.05. The Kier molecular flexibility index (Phi) is 3.61. The van der Waals surface area contributed by atoms with Gasteiger partial charge in [-0.1, -0.05) is 84.9 Å². The average Bonchev–Trinajstić information content (AvgIpc) is 3.23. The maximum atomic E-state index is 6.54. The molecule has 0 amide bonds. The van der Waals surface area contributed by atoms with E-state index in [1.54, 1.807) is 0 Å². The van der Waals surface area contributed by atoms with Crippen LogP contribution in [0.25, 0.3) is 65.6 Å². The number of rotatable bonds is 1. The highest BCUT2D eigenvalue weighted by Gasteiger charge is 2.21. The summed E-state index contributed by atoms with van der Waals surface area (Å²) in [4.78, 5) is 9.22. The van der Waals surface area contributed by atoms with Gasteiger partial charge < -0.3 is 4.42 Å². The van der Waals surface area contributed by atoms with Gasteiger partial charge in [-0.3, -0.25) is 0 Å². The van der Waals surface area contributed by atoms with Crippen molar-refractivity contribution in [3.8, 4) is 11.3 Å². The number of nitrogens with zero attached hydrogens (tertiary/aromatic N) is 2. The Morgan fingerprint density at radius 2 is 1.25 bits per heavy atom. The fourth-order valence-electron chi connectivity index (χ4n) is 4.77. The zero-order valence-electron chi connectivity index (χ0n) is 16.8. The van der Waals surface area contributed by atoms with Crippen molar-refractivity contribution in [2.75, 3.05) is 0 Å². The molecule has 7 aromatic rings. The fraction of sp³-hybridized carbons (Fsp3) is 0. The van der Waals surface area contributed by atoms with Crippen molar-refractivity contribution in [2.45, 2.75) is 0 Å². The topological polar surface area (TPSA) is 38.9 Å². The van der Waals surface area contributed by atoms with Gasteiger partial charge in [0.05, 0.1) is 5.39 Å². The van der Waals surface area contributed by atoms with Gasteiger partial charge in [0.1, 0.15) is 16.8 Å². The molecule has 2 heterocycles. The lowest BCUT2D eigenvalue weighted by Crippen LogP contribution is -1.89. The SMILES string of the molecule is Clc1nc(-c2ccc3ccccc3c2)c2oc3c4ccccc4c4ccccc4c3c2n1. The molecule has 2 aromatic heterocycles. The van der Waals surface area contributed by atoms with Crippen LogP contribution < -0.4 is 0 Å². The molecule has 32 heavy (non-hydrogen) atoms. The van der Waals surface area contributed by atoms with E-state index in [1.807, 2.05) is 24.3 Å². The largest absolute Gasteiger partial charge is 0.451 e. The summed E-state index contributed by atoms with van der Waals surface area (Å²) in [7, 11) is 0. The van der Waals surface area contributed by atoms with Gasteiger partial charge >= 0.3 is 0 Å². The van der Waals surface area contributed by atoms with Crippen molar-refractivity contribution in [3.05, 3.63) is 96.3 Å². The van der Waals surface area contributed by atoms with E-state index in [1.165, 1.54) is 10.8 Å². The van der Waals surface area contributed by atoms with Gasteiger partial charge in [0.15, 0.2) is 5.58 Å². The Morgan fingerprint density at radius 3 is 2.06 bits per heavy atom. The molecule has 0 saturated carbocycles. The molecular weight excluding hydrogens is 416 g/mol. The summed E-state index contributed by atoms with van der Waals surface area (Å²) in [6.45, 7) is 0. The van der Waals surface area contributed by atoms with E-state index in [0.29, 0.717) is 11.3 Å². The molecule has 0 bridgehead atoms. The molecule has 0 N–H and O–H groups in total. The molecule has 0 fully saturated rings. The number of furan rings is 1. The van der Waals surface area contributed by atoms with Crippen molar-refractivity contribution in [1.82, 2.24) is 9.97 Å². The molecule has 0 saturated heterocycles. The van der Waals surface area contributed by atoms with E-state index in [4.69, 9.17) is 16.0 Å². The Hall–Kier alpha value is -3.95. The summed E-state index contributed by atoms with van der Waals surface area (Å²) >= 11 is 6.45. The summed E-state index contributed by atoms with van der Waals surface area (Å²) in [6, 6.07) is 31.2. The summed E-state index contributed by atoms with van der Waals surface area (Å²) in [5, 5.41) is 7.97. The van der Waals surface area contributed by atoms with Gasteiger partial charge in [0.25, 0.3) is 0 Å². The summed E-state index contributed by atoms with van der Waals surface area (Å²) < 4.78 is 6.54. The predicted octanol–water partition coefficient (Wildman–Crippen LogP) is 8.16. The normalized spacial score (nSPS) is 11.9. The second-order valence-corrected chi connectivity index (χ2v) is 8.32. The molecule has 0 atom stereocenters. The van der Waals surface area contributed by atoms with Gasteiger partial charge in [-0.2, -0.15) is 0 Å². The Balaban J connectivity index is 1.68. The fourth-order valence-corrected chi connectivity index (χ4v) is 4.94. The number of benzene rings is 5. The number of hydrogen-bond donors (Lipinski definition) is 0. The monoisotopic (exact) mass is 430 g/mol. The maximum absolute atomic E-state index is 6.54. The van der Waals surface area contributed by atoms with Gasteiger partial charge in [0, 0.05) is 10.9 Å². The molecule has 0 aliphatic heterocycles. The minimum atomic E-state index is 0.209. The van der Waals surface area contributed by atoms with Crippen LogP contribution in [-0.4, -0.2) is 9.97 Å². The smallest absolute Gasteiger partial charge is 0.223 e. The first-order chi connectivity index (χ1) is 15.8. The molecule has 0 aliphatic rings. The molecule has 4 heteroatoms. The molecular formula is C28H15ClN2O. The van der Waals surface area contributed by atoms with Crippen molar-refractivity contribution in [3.63, 3.8) is 0 Å². The van der Waals surface area contributed by atoms with Gasteiger partial charge in [0.2, 0.25) is 5.28 Å². The van der Waals surface area contributed by atoms with Gasteiger partial charge in [-0.25, -0.2) is 9.97 Å². The van der Waals surface area contributed by atoms with Crippen LogP contribution in [-0.2, 0) is 0 Å². The molecule has 3 nitrogen and oxygen atoms in total. The average molecular weight is 431 g/mol. The Labute approximate surface area is 187 Å². The molecule has 0 radical (unpaired) electrons. The minimum absolute atomic E-state index is 0.209. The summed E-state index contributed by atoms with van der Waals surface area (Å²) in [6.07, 6.45) is 0. The Morgan fingerprint density at radius 1 is 0.594 bits per heavy atom. The van der Waals surface area contributed by atoms with E-state index in [-0.39, 0.29) is 5.28 Å². The van der Waals surface area contributed by atoms with Crippen LogP contribution in [0.1, 0.15) is 0 Å². The molecule has 0 unspecified atom stereocenters. The highest BCUT2D eigenvalue weighted by atomic mass is 35.5. The highest BCUT2D eigenvalue weighted by molar-refractivity contribution is 6.32. The van der Waals surface area contributed by atoms with Crippen LogP contribution in [0, 0.1) is 0 Å². The quantitative estimate of drug-likeness (QED) is 0.195. The van der Waals surface area contributed by atoms with Crippen molar-refractivity contribution < 1.29 is 4.42 Å². The van der Waals surface area contributed by atoms with Crippen molar-refractivity contribution in [2.24, 2.45) is 0 Å². The lowest BCUT2D eigenvalue weighted by molar-refractivity contribution is 0.671. The zero-order chi connectivity index (χ0) is 21.2. The predicted molar refractivity (Wildman–Crippen MR) is 132 cm³/mol. The highest BCUT2D eigenvalue weighted by Crippen LogP contribution is 2.42. The van der Waals surface area contributed by atoms with Crippen LogP contribution in [0.2, 0.25) is 5.28 Å². The number of halogens is 1. The van der Waals surface area contributed by atoms with Crippen LogP contribution >= 0.6 is 11.6 Å². The van der Waals surface area contributed by atoms with Crippen LogP contribution in [0.4, 0.5) is 0 Å². The molecule has 150 valence electrons. The summed E-state index contributed by atoms with van der Waals surface area (Å²) in [5.74, 6) is 0. The first-order valence-electron chi connectivity index (χ1n) is 10.5. The summed E-state index contributed by atoms with van der Waals surface area (Å²) in [5.41, 5.74) is 3.86. The number of hydrogen-bond acceptors (Lipinski definition) is 3. The minimum Gasteiger partial charge on any atom is -0.451 e. The van der Waals surface area contributed by atoms with E-state index in [2.05, 4.69) is 76.7 Å². The second-order valence-electron chi connectivity index (χ2n) is 7.98. The van der Waals surface area contributed by atoms with Crippen molar-refractivity contribution in [1.29, 1.82) is 0 Å². The van der Waals surface area contributed by atoms with E-state index in [9.17, 15) is 0 Å². The van der Waals surface area contributed by atoms with E-state index >= 15 is 0 Å². The molecule has 7 rings (SSSR count). The van der Waals surface area contributed by atoms with E-state index in [0.717, 1.165) is 43.6 Å². The van der Waals surface area contributed by atoms with Crippen molar-refractivity contribution >= 4 is 66.0 Å². The van der Waals surface area contributed by atoms with Gasteiger partial charge in [-0.15, -0.1) is 0 Å². The lowest BCUT2D eigenvalue weighted by atomic mass is 9.98. The van der Waals surface area contributed by atoms with Crippen LogP contribution in [0.3, 0.4) is 0 Å². The van der Waals surface area contributed by atoms with Crippen LogP contribution in [0.5, 0.6) is 0 Å². The molecule has 5 aromatic carbocycles. The third kappa shape index (κ3) is 2.43. The van der Waals surface area contributed by atoms with Gasteiger partial charge in [-0.05, 0) is 44.6 Å². The Bertz CT molecular complexity index is 1850. The van der Waals surface area contributed by atoms with Crippen LogP contribution in [0.15, 0.2) is 95.4 Å². The number of aromatic nitrogens is 2. The molecule has 0 aliphatic carbocycles. The zero-order valence-corrected chi connectivity index (χ0v) is 17.6. The molecule has 0 spiro atoms. The standard InChI is InChI=1S/C28H15ClN2O/c29-28-30-24(18-14-13-16-7-1-2-8-17(16)15-18)27-25(31-28)23-21-11-5-3-9-19(21)20-10-4-6-12-22(20)26(23)32-27/h1-15H. The third-order valence-electron chi connectivity index (χ3n) is 6.19. The maximum Gasteiger partial charge on any atom is 0.223 e.